The summed E-state index contributed by atoms with van der Waals surface area (Å²) in [5.41, 5.74) is 2.18. The molecular formula is C23H19ClFN3O3. The Morgan fingerprint density at radius 3 is 2.87 bits per heavy atom. The van der Waals surface area contributed by atoms with Crippen LogP contribution in [0.25, 0.3) is 0 Å². The molecule has 0 saturated heterocycles. The highest BCUT2D eigenvalue weighted by Crippen LogP contribution is 2.28. The molecule has 0 aliphatic rings. The third-order valence-corrected chi connectivity index (χ3v) is 4.83. The number of carbonyl (C=O) groups excluding carboxylic acids is 1. The minimum absolute atomic E-state index is 0.142. The third kappa shape index (κ3) is 5.13. The van der Waals surface area contributed by atoms with Gasteiger partial charge in [-0.1, -0.05) is 35.9 Å². The van der Waals surface area contributed by atoms with Crippen molar-refractivity contribution in [3.8, 4) is 5.75 Å². The van der Waals surface area contributed by atoms with Crippen molar-refractivity contribution in [2.45, 2.75) is 20.1 Å². The van der Waals surface area contributed by atoms with Crippen LogP contribution in [-0.2, 0) is 13.2 Å². The molecule has 4 rings (SSSR count). The van der Waals surface area contributed by atoms with Crippen molar-refractivity contribution < 1.29 is 18.3 Å². The highest BCUT2D eigenvalue weighted by molar-refractivity contribution is 6.32. The van der Waals surface area contributed by atoms with Crippen molar-refractivity contribution >= 4 is 23.2 Å². The largest absolute Gasteiger partial charge is 0.484 e. The molecule has 158 valence electrons. The molecular weight excluding hydrogens is 421 g/mol. The number of carbonyl (C=O) groups is 1. The van der Waals surface area contributed by atoms with Crippen LogP contribution in [0.15, 0.2) is 71.4 Å². The van der Waals surface area contributed by atoms with Gasteiger partial charge in [0.25, 0.3) is 5.91 Å². The van der Waals surface area contributed by atoms with Crippen molar-refractivity contribution in [1.29, 1.82) is 0 Å². The molecule has 0 unspecified atom stereocenters. The number of hydrogen-bond acceptors (Lipinski definition) is 4. The lowest BCUT2D eigenvalue weighted by Gasteiger charge is -2.09. The molecule has 0 atom stereocenters. The number of rotatable bonds is 7. The average Bonchev–Trinajstić information content (AvgIpc) is 3.37. The topological polar surface area (TPSA) is 69.3 Å². The van der Waals surface area contributed by atoms with Crippen LogP contribution in [0.1, 0.15) is 27.4 Å². The number of nitrogens with zero attached hydrogens (tertiary/aromatic N) is 2. The Morgan fingerprint density at radius 1 is 1.23 bits per heavy atom. The fourth-order valence-electron chi connectivity index (χ4n) is 3.05. The quantitative estimate of drug-likeness (QED) is 0.415. The highest BCUT2D eigenvalue weighted by atomic mass is 35.5. The molecule has 8 heteroatoms. The van der Waals surface area contributed by atoms with E-state index < -0.39 is 5.91 Å². The van der Waals surface area contributed by atoms with Gasteiger partial charge < -0.3 is 14.5 Å². The van der Waals surface area contributed by atoms with Gasteiger partial charge in [-0.3, -0.25) is 9.48 Å². The van der Waals surface area contributed by atoms with E-state index in [0.717, 1.165) is 11.1 Å². The normalized spacial score (nSPS) is 10.8. The van der Waals surface area contributed by atoms with Gasteiger partial charge in [0.15, 0.2) is 5.76 Å². The number of hydrogen-bond donors (Lipinski definition) is 1. The van der Waals surface area contributed by atoms with Crippen LogP contribution in [0.3, 0.4) is 0 Å². The zero-order chi connectivity index (χ0) is 21.8. The van der Waals surface area contributed by atoms with E-state index in [1.54, 1.807) is 41.2 Å². The predicted molar refractivity (Wildman–Crippen MR) is 115 cm³/mol. The number of aryl methyl sites for hydroxylation is 1. The van der Waals surface area contributed by atoms with E-state index in [-0.39, 0.29) is 18.2 Å². The Bertz CT molecular complexity index is 1200. The van der Waals surface area contributed by atoms with Gasteiger partial charge in [-0.2, -0.15) is 5.10 Å². The van der Waals surface area contributed by atoms with Crippen LogP contribution in [0, 0.1) is 12.7 Å². The number of nitrogens with one attached hydrogen (secondary N) is 1. The van der Waals surface area contributed by atoms with E-state index in [9.17, 15) is 9.18 Å². The molecule has 1 amide bonds. The van der Waals surface area contributed by atoms with Crippen LogP contribution in [0.5, 0.6) is 5.75 Å². The first-order valence-electron chi connectivity index (χ1n) is 9.53. The Hall–Kier alpha value is -3.58. The van der Waals surface area contributed by atoms with Crippen molar-refractivity contribution in [2.24, 2.45) is 0 Å². The van der Waals surface area contributed by atoms with E-state index in [4.69, 9.17) is 20.8 Å². The monoisotopic (exact) mass is 439 g/mol. The standard InChI is InChI=1S/C23H19ClFN3O3/c1-15-4-2-7-20(24)22(15)30-14-19-8-9-21(31-19)23(29)27-18-11-26-28(13-18)12-16-5-3-6-17(25)10-16/h2-11,13H,12,14H2,1H3,(H,27,29). The second-order valence-corrected chi connectivity index (χ2v) is 7.36. The van der Waals surface area contributed by atoms with Crippen LogP contribution in [-0.4, -0.2) is 15.7 Å². The van der Waals surface area contributed by atoms with E-state index in [2.05, 4.69) is 10.4 Å². The molecule has 2 heterocycles. The molecule has 0 aliphatic carbocycles. The molecule has 31 heavy (non-hydrogen) atoms. The number of amides is 1. The first-order chi connectivity index (χ1) is 15.0. The van der Waals surface area contributed by atoms with E-state index in [1.165, 1.54) is 18.3 Å². The van der Waals surface area contributed by atoms with E-state index in [0.29, 0.717) is 28.8 Å². The molecule has 0 bridgehead atoms. The van der Waals surface area contributed by atoms with Gasteiger partial charge >= 0.3 is 0 Å². The van der Waals surface area contributed by atoms with Gasteiger partial charge in [0.1, 0.15) is 23.9 Å². The minimum Gasteiger partial charge on any atom is -0.484 e. The SMILES string of the molecule is Cc1cccc(Cl)c1OCc1ccc(C(=O)Nc2cnn(Cc3cccc(F)c3)c2)o1. The van der Waals surface area contributed by atoms with Gasteiger partial charge in [0.05, 0.1) is 23.5 Å². The Balaban J connectivity index is 1.35. The second kappa shape index (κ2) is 9.06. The van der Waals surface area contributed by atoms with Crippen molar-refractivity contribution in [1.82, 2.24) is 9.78 Å². The fraction of sp³-hybridized carbons (Fsp3) is 0.130. The van der Waals surface area contributed by atoms with Gasteiger partial charge in [-0.25, -0.2) is 4.39 Å². The summed E-state index contributed by atoms with van der Waals surface area (Å²) in [7, 11) is 0. The summed E-state index contributed by atoms with van der Waals surface area (Å²) in [4.78, 5) is 12.5. The summed E-state index contributed by atoms with van der Waals surface area (Å²) in [6.07, 6.45) is 3.18. The summed E-state index contributed by atoms with van der Waals surface area (Å²) in [6.45, 7) is 2.43. The molecule has 0 radical (unpaired) electrons. The van der Waals surface area contributed by atoms with Crippen LogP contribution < -0.4 is 10.1 Å². The van der Waals surface area contributed by atoms with Gasteiger partial charge in [-0.05, 0) is 48.4 Å². The third-order valence-electron chi connectivity index (χ3n) is 4.53. The van der Waals surface area contributed by atoms with Crippen molar-refractivity contribution in [3.63, 3.8) is 0 Å². The maximum atomic E-state index is 13.3. The first-order valence-corrected chi connectivity index (χ1v) is 9.90. The number of ether oxygens (including phenoxy) is 1. The number of halogens is 2. The molecule has 0 fully saturated rings. The zero-order valence-electron chi connectivity index (χ0n) is 16.6. The summed E-state index contributed by atoms with van der Waals surface area (Å²) in [6, 6.07) is 15.0. The average molecular weight is 440 g/mol. The first kappa shape index (κ1) is 20.7. The Morgan fingerprint density at radius 2 is 2.06 bits per heavy atom. The van der Waals surface area contributed by atoms with Gasteiger partial charge in [0, 0.05) is 6.20 Å². The number of aromatic nitrogens is 2. The molecule has 4 aromatic rings. The minimum atomic E-state index is -0.412. The summed E-state index contributed by atoms with van der Waals surface area (Å²) in [5.74, 6) is 0.502. The molecule has 1 N–H and O–H groups in total. The smallest absolute Gasteiger partial charge is 0.291 e. The number of benzene rings is 2. The van der Waals surface area contributed by atoms with Gasteiger partial charge in [-0.15, -0.1) is 0 Å². The predicted octanol–water partition coefficient (Wildman–Crippen LogP) is 5.46. The lowest BCUT2D eigenvalue weighted by atomic mass is 10.2. The molecule has 6 nitrogen and oxygen atoms in total. The molecule has 2 aromatic carbocycles. The molecule has 0 aliphatic heterocycles. The maximum absolute atomic E-state index is 13.3. The van der Waals surface area contributed by atoms with Crippen molar-refractivity contribution in [3.05, 3.63) is 100 Å². The highest BCUT2D eigenvalue weighted by Gasteiger charge is 2.14. The Kier molecular flexibility index (Phi) is 6.04. The molecule has 0 saturated carbocycles. The van der Waals surface area contributed by atoms with E-state index >= 15 is 0 Å². The number of para-hydroxylation sites is 1. The van der Waals surface area contributed by atoms with Gasteiger partial charge in [0.2, 0.25) is 0 Å². The second-order valence-electron chi connectivity index (χ2n) is 6.95. The summed E-state index contributed by atoms with van der Waals surface area (Å²) >= 11 is 6.16. The summed E-state index contributed by atoms with van der Waals surface area (Å²) in [5, 5.41) is 7.43. The maximum Gasteiger partial charge on any atom is 0.291 e. The number of furan rings is 1. The van der Waals surface area contributed by atoms with Crippen LogP contribution in [0.2, 0.25) is 5.02 Å². The summed E-state index contributed by atoms with van der Waals surface area (Å²) < 4.78 is 26.2. The molecule has 0 spiro atoms. The van der Waals surface area contributed by atoms with Crippen molar-refractivity contribution in [2.75, 3.05) is 5.32 Å². The fourth-order valence-corrected chi connectivity index (χ4v) is 3.33. The Labute approximate surface area is 183 Å². The number of anilines is 1. The van der Waals surface area contributed by atoms with Crippen LogP contribution in [0.4, 0.5) is 10.1 Å². The van der Waals surface area contributed by atoms with E-state index in [1.807, 2.05) is 19.1 Å². The lowest BCUT2D eigenvalue weighted by Crippen LogP contribution is -2.10. The molecule has 2 aromatic heterocycles. The lowest BCUT2D eigenvalue weighted by molar-refractivity contribution is 0.0992. The van der Waals surface area contributed by atoms with Crippen LogP contribution >= 0.6 is 11.6 Å². The zero-order valence-corrected chi connectivity index (χ0v) is 17.4.